The van der Waals surface area contributed by atoms with Crippen LogP contribution in [0.3, 0.4) is 0 Å². The molecule has 0 aromatic heterocycles. The fraction of sp³-hybridized carbons (Fsp3) is 0.375. The van der Waals surface area contributed by atoms with Gasteiger partial charge in [0.05, 0.1) is 6.04 Å². The highest BCUT2D eigenvalue weighted by Crippen LogP contribution is 2.49. The molecule has 0 bridgehead atoms. The maximum Gasteiger partial charge on any atom is 0.412 e. The van der Waals surface area contributed by atoms with Crippen LogP contribution in [0.1, 0.15) is 31.9 Å². The molecule has 1 saturated heterocycles. The molecule has 0 unspecified atom stereocenters. The normalized spacial score (nSPS) is 21.5. The summed E-state index contributed by atoms with van der Waals surface area (Å²) in [6, 6.07) is 19.4. The van der Waals surface area contributed by atoms with Crippen molar-refractivity contribution in [2.24, 2.45) is 5.92 Å². The van der Waals surface area contributed by atoms with Crippen LogP contribution in [0, 0.1) is 5.92 Å². The van der Waals surface area contributed by atoms with Gasteiger partial charge < -0.3 is 9.84 Å². The van der Waals surface area contributed by atoms with E-state index in [2.05, 4.69) is 20.4 Å². The first-order chi connectivity index (χ1) is 13.8. The Bertz CT molecular complexity index is 811. The van der Waals surface area contributed by atoms with E-state index in [1.54, 1.807) is 11.8 Å². The molecule has 2 aromatic rings. The van der Waals surface area contributed by atoms with Crippen molar-refractivity contribution in [2.75, 3.05) is 6.26 Å². The van der Waals surface area contributed by atoms with Crippen LogP contribution in [0.5, 0.6) is 0 Å². The molecule has 3 atom stereocenters. The highest BCUT2D eigenvalue weighted by atomic mass is 32.2. The number of benzene rings is 2. The highest BCUT2D eigenvalue weighted by molar-refractivity contribution is 7.99. The quantitative estimate of drug-likeness (QED) is 0.649. The number of amides is 1. The SMILES string of the molecule is C=C[C@](C)(O)[C@H](SC)N1C(=O)OC(c2ccccc2)(c2ccccc2)[C@@H]1C(C)C. The Kier molecular flexibility index (Phi) is 6.11. The molecule has 1 amide bonds. The molecule has 29 heavy (non-hydrogen) atoms. The van der Waals surface area contributed by atoms with Gasteiger partial charge in [0.2, 0.25) is 0 Å². The fourth-order valence-corrected chi connectivity index (χ4v) is 5.34. The van der Waals surface area contributed by atoms with Crippen molar-refractivity contribution in [1.29, 1.82) is 0 Å². The van der Waals surface area contributed by atoms with E-state index in [-0.39, 0.29) is 12.0 Å². The van der Waals surface area contributed by atoms with Gasteiger partial charge in [-0.05, 0) is 19.1 Å². The Hall–Kier alpha value is -2.24. The molecule has 1 aliphatic rings. The second-order valence-corrected chi connectivity index (χ2v) is 8.87. The summed E-state index contributed by atoms with van der Waals surface area (Å²) in [6.07, 6.45) is 2.94. The Morgan fingerprint density at radius 3 is 2.00 bits per heavy atom. The molecular weight excluding hydrogens is 382 g/mol. The van der Waals surface area contributed by atoms with E-state index < -0.39 is 22.7 Å². The molecule has 3 rings (SSSR count). The number of nitrogens with zero attached hydrogens (tertiary/aromatic N) is 1. The summed E-state index contributed by atoms with van der Waals surface area (Å²) in [5.74, 6) is 0.0668. The number of carbonyl (C=O) groups is 1. The number of carbonyl (C=O) groups excluding carboxylic acids is 1. The number of ether oxygens (including phenoxy) is 1. The average Bonchev–Trinajstić information content (AvgIpc) is 3.04. The van der Waals surface area contributed by atoms with E-state index in [1.807, 2.05) is 66.9 Å². The minimum Gasteiger partial charge on any atom is -0.431 e. The van der Waals surface area contributed by atoms with Gasteiger partial charge in [0.25, 0.3) is 0 Å². The lowest BCUT2D eigenvalue weighted by molar-refractivity contribution is 0.0305. The van der Waals surface area contributed by atoms with Gasteiger partial charge in [-0.25, -0.2) is 4.79 Å². The van der Waals surface area contributed by atoms with Gasteiger partial charge >= 0.3 is 6.09 Å². The van der Waals surface area contributed by atoms with E-state index in [9.17, 15) is 9.90 Å². The molecule has 0 spiro atoms. The second kappa shape index (κ2) is 8.25. The number of thioether (sulfide) groups is 1. The Balaban J connectivity index is 2.27. The number of hydrogen-bond acceptors (Lipinski definition) is 4. The molecule has 0 aliphatic carbocycles. The Morgan fingerprint density at radius 1 is 1.14 bits per heavy atom. The van der Waals surface area contributed by atoms with Crippen molar-refractivity contribution in [1.82, 2.24) is 4.90 Å². The van der Waals surface area contributed by atoms with Crippen molar-refractivity contribution in [3.63, 3.8) is 0 Å². The van der Waals surface area contributed by atoms with Gasteiger partial charge in [0, 0.05) is 11.1 Å². The molecule has 1 fully saturated rings. The summed E-state index contributed by atoms with van der Waals surface area (Å²) in [5.41, 5.74) is -0.411. The molecule has 0 radical (unpaired) electrons. The number of aliphatic hydroxyl groups is 1. The molecule has 4 nitrogen and oxygen atoms in total. The van der Waals surface area contributed by atoms with Gasteiger partial charge in [-0.15, -0.1) is 18.3 Å². The Morgan fingerprint density at radius 2 is 1.62 bits per heavy atom. The van der Waals surface area contributed by atoms with Gasteiger partial charge in [0.1, 0.15) is 11.0 Å². The molecular formula is C24H29NO3S. The van der Waals surface area contributed by atoms with Gasteiger partial charge in [0.15, 0.2) is 5.60 Å². The minimum absolute atomic E-state index is 0.0668. The predicted octanol–water partition coefficient (Wildman–Crippen LogP) is 5.03. The molecule has 2 aromatic carbocycles. The fourth-order valence-electron chi connectivity index (χ4n) is 4.32. The lowest BCUT2D eigenvalue weighted by Gasteiger charge is -2.43. The first-order valence-corrected chi connectivity index (χ1v) is 11.1. The van der Waals surface area contributed by atoms with E-state index in [1.165, 1.54) is 17.8 Å². The summed E-state index contributed by atoms with van der Waals surface area (Å²) in [7, 11) is 0. The third kappa shape index (κ3) is 3.58. The number of hydrogen-bond donors (Lipinski definition) is 1. The van der Waals surface area contributed by atoms with Crippen molar-refractivity contribution in [3.8, 4) is 0 Å². The lowest BCUT2D eigenvalue weighted by Crippen LogP contribution is -2.56. The average molecular weight is 412 g/mol. The topological polar surface area (TPSA) is 49.8 Å². The molecule has 154 valence electrons. The van der Waals surface area contributed by atoms with Crippen molar-refractivity contribution in [3.05, 3.63) is 84.4 Å². The third-order valence-corrected chi connectivity index (χ3v) is 6.75. The highest BCUT2D eigenvalue weighted by Gasteiger charge is 2.60. The van der Waals surface area contributed by atoms with E-state index in [0.29, 0.717) is 0 Å². The summed E-state index contributed by atoms with van der Waals surface area (Å²) >= 11 is 1.42. The summed E-state index contributed by atoms with van der Waals surface area (Å²) in [4.78, 5) is 15.1. The summed E-state index contributed by atoms with van der Waals surface area (Å²) in [6.45, 7) is 9.62. The van der Waals surface area contributed by atoms with Crippen LogP contribution in [-0.2, 0) is 10.3 Å². The molecule has 5 heteroatoms. The molecule has 1 N–H and O–H groups in total. The zero-order chi connectivity index (χ0) is 21.2. The zero-order valence-electron chi connectivity index (χ0n) is 17.4. The second-order valence-electron chi connectivity index (χ2n) is 7.95. The smallest absolute Gasteiger partial charge is 0.412 e. The van der Waals surface area contributed by atoms with Crippen molar-refractivity contribution >= 4 is 17.9 Å². The number of cyclic esters (lactones) is 1. The number of rotatable bonds is 7. The first kappa shape index (κ1) is 21.5. The maximum absolute atomic E-state index is 13.4. The van der Waals surface area contributed by atoms with Crippen LogP contribution in [-0.4, -0.2) is 39.4 Å². The zero-order valence-corrected chi connectivity index (χ0v) is 18.2. The molecule has 0 saturated carbocycles. The van der Waals surface area contributed by atoms with Gasteiger partial charge in [-0.1, -0.05) is 80.6 Å². The van der Waals surface area contributed by atoms with Crippen LogP contribution in [0.15, 0.2) is 73.3 Å². The maximum atomic E-state index is 13.4. The predicted molar refractivity (Wildman–Crippen MR) is 119 cm³/mol. The molecule has 1 heterocycles. The minimum atomic E-state index is -1.27. The van der Waals surface area contributed by atoms with Gasteiger partial charge in [-0.3, -0.25) is 4.90 Å². The summed E-state index contributed by atoms with van der Waals surface area (Å²) < 4.78 is 6.26. The largest absolute Gasteiger partial charge is 0.431 e. The van der Waals surface area contributed by atoms with Crippen LogP contribution in [0.2, 0.25) is 0 Å². The standard InChI is InChI=1S/C24H29NO3S/c1-6-23(4,27)21(29-5)25-20(17(2)3)24(28-22(25)26,18-13-9-7-10-14-18)19-15-11-8-12-16-19/h6-17,20-21,27H,1H2,2-5H3/t20-,21-,23-/m0/s1. The van der Waals surface area contributed by atoms with Crippen LogP contribution < -0.4 is 0 Å². The van der Waals surface area contributed by atoms with Crippen molar-refractivity contribution < 1.29 is 14.6 Å². The third-order valence-electron chi connectivity index (χ3n) is 5.60. The van der Waals surface area contributed by atoms with E-state index >= 15 is 0 Å². The van der Waals surface area contributed by atoms with Crippen molar-refractivity contribution in [2.45, 2.75) is 43.4 Å². The van der Waals surface area contributed by atoms with E-state index in [4.69, 9.17) is 4.74 Å². The Labute approximate surface area is 177 Å². The van der Waals surface area contributed by atoms with Crippen LogP contribution in [0.25, 0.3) is 0 Å². The molecule has 1 aliphatic heterocycles. The van der Waals surface area contributed by atoms with E-state index in [0.717, 1.165) is 11.1 Å². The van der Waals surface area contributed by atoms with Gasteiger partial charge in [-0.2, -0.15) is 0 Å². The monoisotopic (exact) mass is 411 g/mol. The van der Waals surface area contributed by atoms with Crippen LogP contribution >= 0.6 is 11.8 Å². The lowest BCUT2D eigenvalue weighted by atomic mass is 9.75. The first-order valence-electron chi connectivity index (χ1n) is 9.80. The van der Waals surface area contributed by atoms with Crippen LogP contribution in [0.4, 0.5) is 4.79 Å². The summed E-state index contributed by atoms with van der Waals surface area (Å²) in [5, 5.41) is 10.5.